The molecule has 0 aliphatic carbocycles. The number of hydrogen-bond donors (Lipinski definition) is 2. The highest BCUT2D eigenvalue weighted by atomic mass is 16.2. The molecule has 0 radical (unpaired) electrons. The molecular weight excluding hydrogens is 258 g/mol. The molecule has 1 aliphatic heterocycles. The third-order valence-electron chi connectivity index (χ3n) is 3.38. The first-order valence-corrected chi connectivity index (χ1v) is 7.15. The van der Waals surface area contributed by atoms with Crippen LogP contribution in [0.5, 0.6) is 0 Å². The molecule has 0 unspecified atom stereocenters. The van der Waals surface area contributed by atoms with E-state index in [4.69, 9.17) is 0 Å². The van der Waals surface area contributed by atoms with Crippen molar-refractivity contribution in [3.63, 3.8) is 0 Å². The molecule has 1 heterocycles. The zero-order chi connectivity index (χ0) is 15.1. The number of carbonyl (C=O) groups excluding carboxylic acids is 3. The van der Waals surface area contributed by atoms with Gasteiger partial charge in [0.25, 0.3) is 5.91 Å². The predicted molar refractivity (Wildman–Crippen MR) is 76.1 cm³/mol. The quantitative estimate of drug-likeness (QED) is 0.683. The monoisotopic (exact) mass is 281 g/mol. The van der Waals surface area contributed by atoms with Crippen molar-refractivity contribution in [2.24, 2.45) is 16.8 Å². The standard InChI is InChI=1S/C14H23N3O3/c1-4-5-6-9(2)12(18)15-8-7-11-16-13(19)10(3)14(20)17-11/h9-10H,4-8H2,1-3H3,(H,15,18)(H,16,17,19,20)/t9-/m1/s1. The number of aliphatic imine (C=N–C) groups is 1. The van der Waals surface area contributed by atoms with Gasteiger partial charge in [0.05, 0.1) is 0 Å². The van der Waals surface area contributed by atoms with Crippen LogP contribution in [0.4, 0.5) is 0 Å². The average molecular weight is 281 g/mol. The van der Waals surface area contributed by atoms with E-state index >= 15 is 0 Å². The van der Waals surface area contributed by atoms with E-state index in [1.807, 2.05) is 6.92 Å². The zero-order valence-electron chi connectivity index (χ0n) is 12.4. The third-order valence-corrected chi connectivity index (χ3v) is 3.38. The van der Waals surface area contributed by atoms with E-state index in [0.29, 0.717) is 18.8 Å². The van der Waals surface area contributed by atoms with Crippen LogP contribution in [0, 0.1) is 11.8 Å². The summed E-state index contributed by atoms with van der Waals surface area (Å²) in [6.07, 6.45) is 3.33. The van der Waals surface area contributed by atoms with E-state index in [1.54, 1.807) is 0 Å². The predicted octanol–water partition coefficient (Wildman–Crippen LogP) is 1.01. The van der Waals surface area contributed by atoms with E-state index in [2.05, 4.69) is 22.5 Å². The lowest BCUT2D eigenvalue weighted by molar-refractivity contribution is -0.132. The van der Waals surface area contributed by atoms with Crippen molar-refractivity contribution in [2.45, 2.75) is 46.5 Å². The fraction of sp³-hybridized carbons (Fsp3) is 0.714. The molecule has 20 heavy (non-hydrogen) atoms. The first-order chi connectivity index (χ1) is 9.45. The van der Waals surface area contributed by atoms with E-state index in [0.717, 1.165) is 19.3 Å². The lowest BCUT2D eigenvalue weighted by Crippen LogP contribution is -2.44. The molecule has 0 saturated carbocycles. The number of hydrogen-bond acceptors (Lipinski definition) is 3. The second-order valence-corrected chi connectivity index (χ2v) is 5.19. The molecule has 3 amide bonds. The Bertz CT molecular complexity index is 418. The van der Waals surface area contributed by atoms with Crippen molar-refractivity contribution in [1.82, 2.24) is 10.6 Å². The molecule has 0 aromatic rings. The second kappa shape index (κ2) is 7.77. The van der Waals surface area contributed by atoms with Gasteiger partial charge in [-0.1, -0.05) is 26.7 Å². The summed E-state index contributed by atoms with van der Waals surface area (Å²) in [6.45, 7) is 5.88. The summed E-state index contributed by atoms with van der Waals surface area (Å²) in [5, 5.41) is 5.37. The Labute approximate surface area is 119 Å². The Morgan fingerprint density at radius 2 is 2.15 bits per heavy atom. The number of unbranched alkanes of at least 4 members (excludes halogenated alkanes) is 1. The van der Waals surface area contributed by atoms with Crippen molar-refractivity contribution in [3.8, 4) is 0 Å². The third kappa shape index (κ3) is 4.75. The van der Waals surface area contributed by atoms with Gasteiger partial charge < -0.3 is 10.6 Å². The fourth-order valence-electron chi connectivity index (χ4n) is 1.86. The van der Waals surface area contributed by atoms with E-state index in [1.165, 1.54) is 6.92 Å². The lowest BCUT2D eigenvalue weighted by atomic mass is 10.0. The minimum absolute atomic E-state index is 0.000815. The number of nitrogens with zero attached hydrogens (tertiary/aromatic N) is 1. The van der Waals surface area contributed by atoms with Crippen LogP contribution in [-0.2, 0) is 14.4 Å². The van der Waals surface area contributed by atoms with E-state index in [-0.39, 0.29) is 17.7 Å². The number of amidine groups is 1. The fourth-order valence-corrected chi connectivity index (χ4v) is 1.86. The van der Waals surface area contributed by atoms with E-state index < -0.39 is 11.8 Å². The van der Waals surface area contributed by atoms with Gasteiger partial charge in [-0.2, -0.15) is 4.99 Å². The van der Waals surface area contributed by atoms with Gasteiger partial charge in [-0.3, -0.25) is 14.4 Å². The Kier molecular flexibility index (Phi) is 6.35. The van der Waals surface area contributed by atoms with Crippen LogP contribution < -0.4 is 10.6 Å². The van der Waals surface area contributed by atoms with Gasteiger partial charge in [-0.15, -0.1) is 0 Å². The van der Waals surface area contributed by atoms with Gasteiger partial charge >= 0.3 is 0 Å². The summed E-state index contributed by atoms with van der Waals surface area (Å²) in [7, 11) is 0. The maximum absolute atomic E-state index is 11.8. The van der Waals surface area contributed by atoms with Gasteiger partial charge in [0, 0.05) is 18.9 Å². The molecule has 6 nitrogen and oxygen atoms in total. The summed E-state index contributed by atoms with van der Waals surface area (Å²) in [5.41, 5.74) is 0. The summed E-state index contributed by atoms with van der Waals surface area (Å²) in [4.78, 5) is 38.4. The highest BCUT2D eigenvalue weighted by Gasteiger charge is 2.27. The van der Waals surface area contributed by atoms with Crippen LogP contribution in [0.3, 0.4) is 0 Å². The van der Waals surface area contributed by atoms with Crippen LogP contribution >= 0.6 is 0 Å². The Hall–Kier alpha value is -1.72. The summed E-state index contributed by atoms with van der Waals surface area (Å²) < 4.78 is 0. The molecule has 0 bridgehead atoms. The SMILES string of the molecule is CCCC[C@@H](C)C(=O)NCCC1=NC(=O)[C@H](C)C(=O)N1. The summed E-state index contributed by atoms with van der Waals surface area (Å²) >= 11 is 0. The number of nitrogens with one attached hydrogen (secondary N) is 2. The maximum atomic E-state index is 11.8. The van der Waals surface area contributed by atoms with Crippen molar-refractivity contribution < 1.29 is 14.4 Å². The van der Waals surface area contributed by atoms with Gasteiger partial charge in [-0.05, 0) is 13.3 Å². The second-order valence-electron chi connectivity index (χ2n) is 5.19. The minimum atomic E-state index is -0.720. The maximum Gasteiger partial charge on any atom is 0.259 e. The molecule has 1 aliphatic rings. The molecule has 0 saturated heterocycles. The summed E-state index contributed by atoms with van der Waals surface area (Å²) in [6, 6.07) is 0. The molecule has 0 aromatic heterocycles. The van der Waals surface area contributed by atoms with Gasteiger partial charge in [0.15, 0.2) is 0 Å². The van der Waals surface area contributed by atoms with Gasteiger partial charge in [-0.25, -0.2) is 0 Å². The Morgan fingerprint density at radius 1 is 1.45 bits per heavy atom. The normalized spacial score (nSPS) is 20.1. The smallest absolute Gasteiger partial charge is 0.259 e. The van der Waals surface area contributed by atoms with Crippen molar-refractivity contribution >= 4 is 23.6 Å². The van der Waals surface area contributed by atoms with Crippen LogP contribution in [-0.4, -0.2) is 30.1 Å². The molecule has 1 rings (SSSR count). The molecule has 2 atom stereocenters. The number of amides is 3. The minimum Gasteiger partial charge on any atom is -0.355 e. The molecule has 0 fully saturated rings. The number of carbonyl (C=O) groups is 3. The van der Waals surface area contributed by atoms with Gasteiger partial charge in [0.1, 0.15) is 11.8 Å². The highest BCUT2D eigenvalue weighted by Crippen LogP contribution is 2.08. The first-order valence-electron chi connectivity index (χ1n) is 7.15. The van der Waals surface area contributed by atoms with Crippen LogP contribution in [0.1, 0.15) is 46.5 Å². The first kappa shape index (κ1) is 16.3. The van der Waals surface area contributed by atoms with Crippen molar-refractivity contribution in [2.75, 3.05) is 6.54 Å². The van der Waals surface area contributed by atoms with Crippen LogP contribution in [0.25, 0.3) is 0 Å². The average Bonchev–Trinajstić information content (AvgIpc) is 2.41. The van der Waals surface area contributed by atoms with Crippen LogP contribution in [0.2, 0.25) is 0 Å². The lowest BCUT2D eigenvalue weighted by Gasteiger charge is -2.17. The Morgan fingerprint density at radius 3 is 2.75 bits per heavy atom. The van der Waals surface area contributed by atoms with Crippen molar-refractivity contribution in [1.29, 1.82) is 0 Å². The Balaban J connectivity index is 2.34. The molecule has 0 spiro atoms. The molecule has 6 heteroatoms. The molecule has 0 aromatic carbocycles. The summed E-state index contributed by atoms with van der Waals surface area (Å²) in [5.74, 6) is -1.16. The van der Waals surface area contributed by atoms with Crippen molar-refractivity contribution in [3.05, 3.63) is 0 Å². The van der Waals surface area contributed by atoms with Gasteiger partial charge in [0.2, 0.25) is 11.8 Å². The topological polar surface area (TPSA) is 87.6 Å². The highest BCUT2D eigenvalue weighted by molar-refractivity contribution is 6.15. The molecule has 2 N–H and O–H groups in total. The van der Waals surface area contributed by atoms with E-state index in [9.17, 15) is 14.4 Å². The molecule has 112 valence electrons. The number of rotatable bonds is 7. The zero-order valence-corrected chi connectivity index (χ0v) is 12.4. The van der Waals surface area contributed by atoms with Crippen LogP contribution in [0.15, 0.2) is 4.99 Å². The largest absolute Gasteiger partial charge is 0.355 e. The molecular formula is C14H23N3O3.